The molecule has 8 heteroatoms. The van der Waals surface area contributed by atoms with Crippen molar-refractivity contribution in [1.82, 2.24) is 15.0 Å². The first-order valence-electron chi connectivity index (χ1n) is 9.21. The number of hydrogen-bond donors (Lipinski definition) is 3. The molecule has 4 aromatic rings. The van der Waals surface area contributed by atoms with Crippen LogP contribution in [0.3, 0.4) is 0 Å². The van der Waals surface area contributed by atoms with Gasteiger partial charge in [-0.1, -0.05) is 24.3 Å². The quantitative estimate of drug-likeness (QED) is 0.471. The molecule has 3 aromatic carbocycles. The van der Waals surface area contributed by atoms with Crippen LogP contribution in [0, 0.1) is 6.92 Å². The van der Waals surface area contributed by atoms with Crippen LogP contribution in [0.2, 0.25) is 0 Å². The lowest BCUT2D eigenvalue weighted by molar-refractivity contribution is 0.0999. The minimum absolute atomic E-state index is 0.0596. The van der Waals surface area contributed by atoms with Crippen molar-refractivity contribution in [2.24, 2.45) is 11.5 Å². The summed E-state index contributed by atoms with van der Waals surface area (Å²) >= 11 is 0. The van der Waals surface area contributed by atoms with Crippen molar-refractivity contribution in [3.05, 3.63) is 82.4 Å². The Balaban J connectivity index is 1.86. The first-order chi connectivity index (χ1) is 14.3. The van der Waals surface area contributed by atoms with Crippen molar-refractivity contribution in [3.63, 3.8) is 0 Å². The molecule has 0 aliphatic heterocycles. The summed E-state index contributed by atoms with van der Waals surface area (Å²) in [5.74, 6) is -1.42. The van der Waals surface area contributed by atoms with Crippen molar-refractivity contribution >= 4 is 22.8 Å². The maximum absolute atomic E-state index is 11.9. The summed E-state index contributed by atoms with van der Waals surface area (Å²) in [5, 5.41) is 19.8. The molecule has 0 saturated heterocycles. The Labute approximate surface area is 171 Å². The number of aromatic hydroxyl groups is 1. The zero-order valence-electron chi connectivity index (χ0n) is 16.2. The standard InChI is InChI=1S/C22H19N5O3/c1-12-9-13(11-16-14(21(23)29)5-4-6-15(16)22(24)30)20(28)19(10-12)27-25-17-7-2-3-8-18(17)26-27/h2-10,28H,11H2,1H3,(H2,23,29)(H2,24,30). The van der Waals surface area contributed by atoms with E-state index in [1.165, 1.54) is 16.9 Å². The van der Waals surface area contributed by atoms with Crippen molar-refractivity contribution < 1.29 is 14.7 Å². The fourth-order valence-electron chi connectivity index (χ4n) is 3.52. The molecule has 0 unspecified atom stereocenters. The van der Waals surface area contributed by atoms with E-state index >= 15 is 0 Å². The highest BCUT2D eigenvalue weighted by molar-refractivity contribution is 6.01. The molecule has 30 heavy (non-hydrogen) atoms. The van der Waals surface area contributed by atoms with Crippen LogP contribution in [-0.4, -0.2) is 31.9 Å². The predicted octanol–water partition coefficient (Wildman–Crippen LogP) is 2.22. The van der Waals surface area contributed by atoms with Gasteiger partial charge in [-0.15, -0.1) is 15.0 Å². The zero-order chi connectivity index (χ0) is 21.4. The molecular weight excluding hydrogens is 382 g/mol. The summed E-state index contributed by atoms with van der Waals surface area (Å²) in [5.41, 5.74) is 14.8. The molecule has 0 atom stereocenters. The number of phenolic OH excluding ortho intramolecular Hbond substituents is 1. The van der Waals surface area contributed by atoms with Gasteiger partial charge in [0.25, 0.3) is 0 Å². The maximum Gasteiger partial charge on any atom is 0.249 e. The van der Waals surface area contributed by atoms with Crippen LogP contribution in [-0.2, 0) is 6.42 Å². The highest BCUT2D eigenvalue weighted by Crippen LogP contribution is 2.31. The molecular formula is C22H19N5O3. The number of primary amides is 2. The Kier molecular flexibility index (Phi) is 4.67. The third-order valence-corrected chi connectivity index (χ3v) is 4.89. The third kappa shape index (κ3) is 3.35. The molecule has 150 valence electrons. The number of nitrogens with zero attached hydrogens (tertiary/aromatic N) is 3. The number of nitrogens with two attached hydrogens (primary N) is 2. The van der Waals surface area contributed by atoms with E-state index in [0.29, 0.717) is 27.8 Å². The second kappa shape index (κ2) is 7.32. The highest BCUT2D eigenvalue weighted by Gasteiger charge is 2.20. The average Bonchev–Trinajstić information content (AvgIpc) is 3.14. The van der Waals surface area contributed by atoms with Gasteiger partial charge in [0.2, 0.25) is 11.8 Å². The Morgan fingerprint density at radius 1 is 0.933 bits per heavy atom. The second-order valence-corrected chi connectivity index (χ2v) is 7.01. The van der Waals surface area contributed by atoms with Gasteiger partial charge in [0.15, 0.2) is 0 Å². The number of carbonyl (C=O) groups is 2. The summed E-state index contributed by atoms with van der Waals surface area (Å²) < 4.78 is 0. The van der Waals surface area contributed by atoms with Crippen LogP contribution >= 0.6 is 0 Å². The number of amides is 2. The Bertz CT molecular complexity index is 1240. The highest BCUT2D eigenvalue weighted by atomic mass is 16.3. The number of phenols is 1. The molecule has 4 rings (SSSR count). The van der Waals surface area contributed by atoms with Crippen molar-refractivity contribution in [2.45, 2.75) is 13.3 Å². The SMILES string of the molecule is Cc1cc(Cc2c(C(N)=O)cccc2C(N)=O)c(O)c(-n2nc3ccccc3n2)c1. The summed E-state index contributed by atoms with van der Waals surface area (Å²) in [6.07, 6.45) is 0.0820. The summed E-state index contributed by atoms with van der Waals surface area (Å²) in [6, 6.07) is 15.5. The van der Waals surface area contributed by atoms with E-state index in [2.05, 4.69) is 10.2 Å². The number of hydrogen-bond acceptors (Lipinski definition) is 5. The van der Waals surface area contributed by atoms with E-state index in [1.54, 1.807) is 18.2 Å². The fraction of sp³-hybridized carbons (Fsp3) is 0.0909. The van der Waals surface area contributed by atoms with Crippen LogP contribution < -0.4 is 11.5 Å². The lowest BCUT2D eigenvalue weighted by atomic mass is 9.92. The molecule has 1 heterocycles. The van der Waals surface area contributed by atoms with Gasteiger partial charge >= 0.3 is 0 Å². The first-order valence-corrected chi connectivity index (χ1v) is 9.21. The van der Waals surface area contributed by atoms with Crippen molar-refractivity contribution in [3.8, 4) is 11.4 Å². The molecule has 0 fully saturated rings. The molecule has 5 N–H and O–H groups in total. The Morgan fingerprint density at radius 2 is 1.50 bits per heavy atom. The van der Waals surface area contributed by atoms with Crippen molar-refractivity contribution in [2.75, 3.05) is 0 Å². The van der Waals surface area contributed by atoms with Gasteiger partial charge in [-0.3, -0.25) is 9.59 Å². The van der Waals surface area contributed by atoms with Crippen LogP contribution in [0.15, 0.2) is 54.6 Å². The van der Waals surface area contributed by atoms with Gasteiger partial charge in [0.1, 0.15) is 22.5 Å². The van der Waals surface area contributed by atoms with Gasteiger partial charge in [0.05, 0.1) is 0 Å². The van der Waals surface area contributed by atoms with Crippen molar-refractivity contribution in [1.29, 1.82) is 0 Å². The number of carbonyl (C=O) groups excluding carboxylic acids is 2. The predicted molar refractivity (Wildman–Crippen MR) is 112 cm³/mol. The molecule has 0 aliphatic rings. The normalized spacial score (nSPS) is 11.0. The zero-order valence-corrected chi connectivity index (χ0v) is 16.2. The van der Waals surface area contributed by atoms with E-state index in [9.17, 15) is 14.7 Å². The second-order valence-electron chi connectivity index (χ2n) is 7.01. The number of rotatable bonds is 5. The molecule has 2 amide bonds. The van der Waals surface area contributed by atoms with Gasteiger partial charge in [-0.25, -0.2) is 0 Å². The molecule has 0 radical (unpaired) electrons. The smallest absolute Gasteiger partial charge is 0.249 e. The monoisotopic (exact) mass is 401 g/mol. The first kappa shape index (κ1) is 19.1. The number of benzene rings is 3. The number of fused-ring (bicyclic) bond motifs is 1. The third-order valence-electron chi connectivity index (χ3n) is 4.89. The van der Waals surface area contributed by atoms with Crippen LogP contribution in [0.1, 0.15) is 37.4 Å². The lowest BCUT2D eigenvalue weighted by Crippen LogP contribution is -2.20. The van der Waals surface area contributed by atoms with Crippen LogP contribution in [0.25, 0.3) is 16.7 Å². The van der Waals surface area contributed by atoms with E-state index in [0.717, 1.165) is 5.56 Å². The van der Waals surface area contributed by atoms with Gasteiger partial charge in [-0.05, 0) is 48.4 Å². The Morgan fingerprint density at radius 3 is 2.03 bits per heavy atom. The molecule has 0 saturated carbocycles. The van der Waals surface area contributed by atoms with Gasteiger partial charge < -0.3 is 16.6 Å². The summed E-state index contributed by atoms with van der Waals surface area (Å²) in [7, 11) is 0. The van der Waals surface area contributed by atoms with Crippen LogP contribution in [0.5, 0.6) is 5.75 Å². The largest absolute Gasteiger partial charge is 0.505 e. The topological polar surface area (TPSA) is 137 Å². The molecule has 0 aliphatic carbocycles. The Hall–Kier alpha value is -4.20. The fourth-order valence-corrected chi connectivity index (χ4v) is 3.52. The van der Waals surface area contributed by atoms with E-state index in [4.69, 9.17) is 11.5 Å². The van der Waals surface area contributed by atoms with E-state index in [-0.39, 0.29) is 23.3 Å². The summed E-state index contributed by atoms with van der Waals surface area (Å²) in [6.45, 7) is 1.87. The summed E-state index contributed by atoms with van der Waals surface area (Å²) in [4.78, 5) is 25.2. The lowest BCUT2D eigenvalue weighted by Gasteiger charge is -2.14. The van der Waals surface area contributed by atoms with Gasteiger partial charge in [0, 0.05) is 23.1 Å². The minimum atomic E-state index is -0.680. The molecule has 8 nitrogen and oxygen atoms in total. The molecule has 0 bridgehead atoms. The number of aromatic nitrogens is 3. The van der Waals surface area contributed by atoms with Gasteiger partial charge in [-0.2, -0.15) is 0 Å². The van der Waals surface area contributed by atoms with E-state index < -0.39 is 11.8 Å². The average molecular weight is 401 g/mol. The van der Waals surface area contributed by atoms with Crippen LogP contribution in [0.4, 0.5) is 0 Å². The maximum atomic E-state index is 11.9. The number of aryl methyl sites for hydroxylation is 1. The molecule has 1 aromatic heterocycles. The minimum Gasteiger partial charge on any atom is -0.505 e. The molecule has 0 spiro atoms. The van der Waals surface area contributed by atoms with E-state index in [1.807, 2.05) is 31.2 Å².